The summed E-state index contributed by atoms with van der Waals surface area (Å²) in [7, 11) is -2.01. The zero-order valence-electron chi connectivity index (χ0n) is 22.7. The summed E-state index contributed by atoms with van der Waals surface area (Å²) in [4.78, 5) is 10.9. The lowest BCUT2D eigenvalue weighted by Crippen LogP contribution is -2.50. The Bertz CT molecular complexity index is 2350. The third-order valence-corrected chi connectivity index (χ3v) is 13.4. The molecule has 0 bridgehead atoms. The lowest BCUT2D eigenvalue weighted by Gasteiger charge is -2.21. The Labute approximate surface area is 242 Å². The van der Waals surface area contributed by atoms with E-state index in [1.807, 2.05) is 11.3 Å². The second-order valence-electron chi connectivity index (χ2n) is 11.4. The van der Waals surface area contributed by atoms with E-state index < -0.39 is 8.07 Å². The van der Waals surface area contributed by atoms with E-state index in [0.717, 1.165) is 33.9 Å². The van der Waals surface area contributed by atoms with Crippen LogP contribution in [0.15, 0.2) is 115 Å². The third kappa shape index (κ3) is 3.13. The Morgan fingerprint density at radius 3 is 2.17 bits per heavy atom. The van der Waals surface area contributed by atoms with Crippen LogP contribution >= 0.6 is 11.3 Å². The molecule has 0 saturated heterocycles. The van der Waals surface area contributed by atoms with Crippen LogP contribution in [0.3, 0.4) is 0 Å². The van der Waals surface area contributed by atoms with Gasteiger partial charge in [-0.05, 0) is 40.2 Å². The van der Waals surface area contributed by atoms with Crippen LogP contribution in [-0.2, 0) is 0 Å². The van der Waals surface area contributed by atoms with Crippen LogP contribution in [0.2, 0.25) is 13.1 Å². The molecular weight excluding hydrogens is 535 g/mol. The van der Waals surface area contributed by atoms with E-state index in [0.29, 0.717) is 0 Å². The molecule has 1 aliphatic heterocycles. The molecule has 9 rings (SSSR count). The van der Waals surface area contributed by atoms with Gasteiger partial charge in [0.25, 0.3) is 0 Å². The summed E-state index contributed by atoms with van der Waals surface area (Å²) in [6.45, 7) is 4.87. The topological polar surface area (TPSA) is 30.7 Å². The van der Waals surface area contributed by atoms with E-state index in [1.165, 1.54) is 46.9 Å². The molecule has 4 heterocycles. The zero-order valence-corrected chi connectivity index (χ0v) is 24.5. The number of benzene rings is 5. The van der Waals surface area contributed by atoms with Crippen molar-refractivity contribution in [1.29, 1.82) is 0 Å². The molecule has 0 fully saturated rings. The average molecular weight is 560 g/mol. The number of nitrogens with zero attached hydrogens (tertiary/aromatic N) is 3. The molecule has 0 atom stereocenters. The number of thiophene rings is 1. The Kier molecular flexibility index (Phi) is 4.65. The molecule has 0 spiro atoms. The number of fused-ring (bicyclic) bond motifs is 9. The van der Waals surface area contributed by atoms with Gasteiger partial charge in [0.05, 0.1) is 22.4 Å². The molecule has 0 saturated carbocycles. The molecule has 0 radical (unpaired) electrons. The normalized spacial score (nSPS) is 13.8. The van der Waals surface area contributed by atoms with Gasteiger partial charge in [-0.25, -0.2) is 9.97 Å². The molecule has 194 valence electrons. The lowest BCUT2D eigenvalue weighted by molar-refractivity contribution is 1.00. The monoisotopic (exact) mass is 559 g/mol. The average Bonchev–Trinajstić information content (AvgIpc) is 3.62. The fourth-order valence-electron chi connectivity index (χ4n) is 6.91. The summed E-state index contributed by atoms with van der Waals surface area (Å²) in [5.74, 6) is 0.731. The molecule has 41 heavy (non-hydrogen) atoms. The summed E-state index contributed by atoms with van der Waals surface area (Å²) in [6, 6.07) is 41.6. The fourth-order valence-corrected chi connectivity index (χ4v) is 11.3. The van der Waals surface area contributed by atoms with Crippen LogP contribution in [0.1, 0.15) is 0 Å². The van der Waals surface area contributed by atoms with Gasteiger partial charge in [-0.3, -0.25) is 4.57 Å². The summed E-state index contributed by atoms with van der Waals surface area (Å²) in [5.41, 5.74) is 6.83. The lowest BCUT2D eigenvalue weighted by atomic mass is 10.1. The summed E-state index contributed by atoms with van der Waals surface area (Å²) < 4.78 is 4.91. The van der Waals surface area contributed by atoms with E-state index >= 15 is 0 Å². The van der Waals surface area contributed by atoms with Gasteiger partial charge in [0, 0.05) is 36.5 Å². The Morgan fingerprint density at radius 1 is 0.585 bits per heavy atom. The number of rotatable bonds is 2. The molecule has 5 heteroatoms. The molecular formula is C36H25N3SSi. The van der Waals surface area contributed by atoms with Crippen LogP contribution < -0.4 is 10.4 Å². The zero-order chi connectivity index (χ0) is 27.3. The van der Waals surface area contributed by atoms with Gasteiger partial charge in [-0.2, -0.15) is 0 Å². The van der Waals surface area contributed by atoms with Crippen molar-refractivity contribution in [2.24, 2.45) is 0 Å². The van der Waals surface area contributed by atoms with Gasteiger partial charge in [0.1, 0.15) is 8.07 Å². The first-order valence-corrected chi connectivity index (χ1v) is 17.8. The van der Waals surface area contributed by atoms with E-state index in [1.54, 1.807) is 0 Å². The molecule has 0 unspecified atom stereocenters. The van der Waals surface area contributed by atoms with Gasteiger partial charge < -0.3 is 0 Å². The summed E-state index contributed by atoms with van der Waals surface area (Å²) in [6.07, 6.45) is 0. The van der Waals surface area contributed by atoms with Gasteiger partial charge in [-0.15, -0.1) is 11.3 Å². The van der Waals surface area contributed by atoms with Crippen LogP contribution in [0.4, 0.5) is 0 Å². The van der Waals surface area contributed by atoms with Crippen molar-refractivity contribution >= 4 is 71.8 Å². The SMILES string of the molecule is C[Si]1(C)c2ccccc2-c2nc(-n3c4ccccc4c4cc5sc6ccccc6c5cc43)nc(-c3ccccc3)c21. The summed E-state index contributed by atoms with van der Waals surface area (Å²) >= 11 is 1.86. The van der Waals surface area contributed by atoms with Crippen molar-refractivity contribution in [1.82, 2.24) is 14.5 Å². The highest BCUT2D eigenvalue weighted by molar-refractivity contribution is 7.25. The smallest absolute Gasteiger partial charge is 0.235 e. The fraction of sp³-hybridized carbons (Fsp3) is 0.0556. The van der Waals surface area contributed by atoms with Gasteiger partial charge in [-0.1, -0.05) is 104 Å². The van der Waals surface area contributed by atoms with E-state index in [2.05, 4.69) is 133 Å². The van der Waals surface area contributed by atoms with Gasteiger partial charge in [0.2, 0.25) is 5.95 Å². The maximum absolute atomic E-state index is 5.46. The highest BCUT2D eigenvalue weighted by Crippen LogP contribution is 2.41. The first-order chi connectivity index (χ1) is 20.1. The van der Waals surface area contributed by atoms with Crippen LogP contribution in [0.5, 0.6) is 0 Å². The molecule has 0 N–H and O–H groups in total. The van der Waals surface area contributed by atoms with Crippen molar-refractivity contribution in [3.05, 3.63) is 115 Å². The minimum Gasteiger partial charge on any atom is -0.278 e. The second kappa shape index (κ2) is 8.23. The molecule has 3 aromatic heterocycles. The second-order valence-corrected chi connectivity index (χ2v) is 16.8. The van der Waals surface area contributed by atoms with E-state index in [4.69, 9.17) is 9.97 Å². The minimum atomic E-state index is -2.01. The van der Waals surface area contributed by atoms with Crippen LogP contribution in [-0.4, -0.2) is 22.6 Å². The highest BCUT2D eigenvalue weighted by Gasteiger charge is 2.41. The number of hydrogen-bond acceptors (Lipinski definition) is 3. The van der Waals surface area contributed by atoms with Gasteiger partial charge >= 0.3 is 0 Å². The maximum Gasteiger partial charge on any atom is 0.235 e. The molecule has 3 nitrogen and oxygen atoms in total. The first kappa shape index (κ1) is 23.2. The van der Waals surface area contributed by atoms with Gasteiger partial charge in [0.15, 0.2) is 0 Å². The molecule has 5 aromatic carbocycles. The van der Waals surface area contributed by atoms with Crippen molar-refractivity contribution < 1.29 is 0 Å². The quantitative estimate of drug-likeness (QED) is 0.199. The molecule has 0 aliphatic carbocycles. The van der Waals surface area contributed by atoms with Crippen molar-refractivity contribution in [2.45, 2.75) is 13.1 Å². The molecule has 1 aliphatic rings. The first-order valence-electron chi connectivity index (χ1n) is 14.0. The molecule has 8 aromatic rings. The van der Waals surface area contributed by atoms with Crippen molar-refractivity contribution in [3.63, 3.8) is 0 Å². The third-order valence-electron chi connectivity index (χ3n) is 8.80. The predicted molar refractivity (Wildman–Crippen MR) is 177 cm³/mol. The predicted octanol–water partition coefficient (Wildman–Crippen LogP) is 8.41. The molecule has 0 amide bonds. The number of para-hydroxylation sites is 1. The van der Waals surface area contributed by atoms with Crippen molar-refractivity contribution in [2.75, 3.05) is 0 Å². The Balaban J connectivity index is 1.44. The minimum absolute atomic E-state index is 0.731. The Hall–Kier alpha value is -4.58. The van der Waals surface area contributed by atoms with E-state index in [9.17, 15) is 0 Å². The standard InChI is InChI=1S/C36H25N3SSi/c1-41(2)32-19-11-8-16-25(32)34-35(41)33(22-12-4-3-5-13-22)37-36(38-34)39-28-17-9-6-14-23(28)26-21-31-27(20-29(26)39)24-15-7-10-18-30(24)40-31/h3-21H,1-2H3. The van der Waals surface area contributed by atoms with Crippen molar-refractivity contribution in [3.8, 4) is 28.5 Å². The van der Waals surface area contributed by atoms with Crippen LogP contribution in [0.25, 0.3) is 70.4 Å². The highest BCUT2D eigenvalue weighted by atomic mass is 32.1. The largest absolute Gasteiger partial charge is 0.278 e. The Morgan fingerprint density at radius 2 is 1.29 bits per heavy atom. The summed E-state index contributed by atoms with van der Waals surface area (Å²) in [5, 5.41) is 7.81. The van der Waals surface area contributed by atoms with Crippen LogP contribution in [0, 0.1) is 0 Å². The number of hydrogen-bond donors (Lipinski definition) is 0. The number of aromatic nitrogens is 3. The maximum atomic E-state index is 5.46. The van der Waals surface area contributed by atoms with E-state index in [-0.39, 0.29) is 0 Å².